The van der Waals surface area contributed by atoms with Crippen LogP contribution < -0.4 is 11.1 Å². The number of aromatic nitrogens is 2. The van der Waals surface area contributed by atoms with Gasteiger partial charge in [-0.3, -0.25) is 4.79 Å². The van der Waals surface area contributed by atoms with Crippen molar-refractivity contribution in [1.82, 2.24) is 9.97 Å². The number of primary amides is 1. The number of amides is 1. The lowest BCUT2D eigenvalue weighted by Gasteiger charge is -2.17. The summed E-state index contributed by atoms with van der Waals surface area (Å²) in [6.45, 7) is 4.30. The number of nitrogens with one attached hydrogen (secondary N) is 1. The predicted octanol–water partition coefficient (Wildman–Crippen LogP) is 3.62. The van der Waals surface area contributed by atoms with Crippen LogP contribution in [0.5, 0.6) is 0 Å². The molecule has 1 atom stereocenters. The van der Waals surface area contributed by atoms with Crippen molar-refractivity contribution >= 4 is 11.9 Å². The largest absolute Gasteiger partial charge is 0.364 e. The third kappa shape index (κ3) is 4.77. The molecule has 2 rings (SSSR count). The zero-order chi connectivity index (χ0) is 16.7. The fraction of sp³-hybridized carbons (Fsp3) is 0.389. The Morgan fingerprint density at radius 3 is 2.57 bits per heavy atom. The van der Waals surface area contributed by atoms with Crippen molar-refractivity contribution in [3.8, 4) is 11.3 Å². The molecular formula is C18H24N4O. The predicted molar refractivity (Wildman–Crippen MR) is 93.2 cm³/mol. The average molecular weight is 312 g/mol. The summed E-state index contributed by atoms with van der Waals surface area (Å²) in [5, 5.41) is 3.34. The first kappa shape index (κ1) is 16.9. The summed E-state index contributed by atoms with van der Waals surface area (Å²) >= 11 is 0. The van der Waals surface area contributed by atoms with Gasteiger partial charge < -0.3 is 11.1 Å². The molecule has 2 aromatic rings. The first-order valence-electron chi connectivity index (χ1n) is 8.14. The quantitative estimate of drug-likeness (QED) is 0.780. The molecule has 0 radical (unpaired) electrons. The van der Waals surface area contributed by atoms with Crippen molar-refractivity contribution < 1.29 is 4.79 Å². The number of rotatable bonds is 8. The zero-order valence-corrected chi connectivity index (χ0v) is 13.7. The number of benzene rings is 1. The molecule has 23 heavy (non-hydrogen) atoms. The molecule has 0 saturated carbocycles. The van der Waals surface area contributed by atoms with Crippen LogP contribution in [0.2, 0.25) is 0 Å². The van der Waals surface area contributed by atoms with E-state index in [4.69, 9.17) is 5.73 Å². The SMILES string of the molecule is CCCCC(CC)Nc1nc(C(N)=O)cc(-c2ccccc2)n1. The molecule has 5 nitrogen and oxygen atoms in total. The van der Waals surface area contributed by atoms with Crippen LogP contribution in [-0.2, 0) is 0 Å². The fourth-order valence-electron chi connectivity index (χ4n) is 2.41. The van der Waals surface area contributed by atoms with Gasteiger partial charge in [0.2, 0.25) is 5.95 Å². The average Bonchev–Trinajstić information content (AvgIpc) is 2.59. The van der Waals surface area contributed by atoms with Crippen molar-refractivity contribution in [3.05, 3.63) is 42.1 Å². The summed E-state index contributed by atoms with van der Waals surface area (Å²) in [6, 6.07) is 11.6. The first-order valence-corrected chi connectivity index (χ1v) is 8.14. The van der Waals surface area contributed by atoms with Crippen LogP contribution in [0, 0.1) is 0 Å². The Kier molecular flexibility index (Phi) is 6.09. The Morgan fingerprint density at radius 1 is 1.22 bits per heavy atom. The second-order valence-corrected chi connectivity index (χ2v) is 5.58. The van der Waals surface area contributed by atoms with E-state index in [1.165, 1.54) is 0 Å². The number of nitrogens with two attached hydrogens (primary N) is 1. The maximum Gasteiger partial charge on any atom is 0.267 e. The Morgan fingerprint density at radius 2 is 1.96 bits per heavy atom. The normalized spacial score (nSPS) is 11.9. The van der Waals surface area contributed by atoms with Gasteiger partial charge in [-0.25, -0.2) is 9.97 Å². The van der Waals surface area contributed by atoms with E-state index in [1.807, 2.05) is 30.3 Å². The van der Waals surface area contributed by atoms with E-state index in [0.717, 1.165) is 31.2 Å². The second-order valence-electron chi connectivity index (χ2n) is 5.58. The molecule has 0 aliphatic rings. The van der Waals surface area contributed by atoms with Gasteiger partial charge in [0.1, 0.15) is 5.69 Å². The van der Waals surface area contributed by atoms with Crippen molar-refractivity contribution in [2.45, 2.75) is 45.6 Å². The van der Waals surface area contributed by atoms with Crippen molar-refractivity contribution in [3.63, 3.8) is 0 Å². The molecule has 1 aromatic carbocycles. The number of nitrogens with zero attached hydrogens (tertiary/aromatic N) is 2. The minimum Gasteiger partial charge on any atom is -0.364 e. The van der Waals surface area contributed by atoms with Gasteiger partial charge in [0.25, 0.3) is 5.91 Å². The summed E-state index contributed by atoms with van der Waals surface area (Å²) < 4.78 is 0. The Bertz CT molecular complexity index is 643. The summed E-state index contributed by atoms with van der Waals surface area (Å²) in [6.07, 6.45) is 4.32. The molecule has 0 spiro atoms. The van der Waals surface area contributed by atoms with Gasteiger partial charge >= 0.3 is 0 Å². The Balaban J connectivity index is 2.31. The third-order valence-electron chi connectivity index (χ3n) is 3.78. The van der Waals surface area contributed by atoms with Gasteiger partial charge in [0.05, 0.1) is 5.69 Å². The molecule has 0 bridgehead atoms. The van der Waals surface area contributed by atoms with E-state index in [1.54, 1.807) is 6.07 Å². The number of carbonyl (C=O) groups excluding carboxylic acids is 1. The van der Waals surface area contributed by atoms with E-state index in [0.29, 0.717) is 17.7 Å². The van der Waals surface area contributed by atoms with E-state index < -0.39 is 5.91 Å². The molecule has 1 unspecified atom stereocenters. The molecule has 1 aromatic heterocycles. The lowest BCUT2D eigenvalue weighted by molar-refractivity contribution is 0.0995. The molecule has 1 amide bonds. The number of anilines is 1. The lowest BCUT2D eigenvalue weighted by atomic mass is 10.1. The molecular weight excluding hydrogens is 288 g/mol. The highest BCUT2D eigenvalue weighted by Gasteiger charge is 2.13. The summed E-state index contributed by atoms with van der Waals surface area (Å²) in [5.41, 5.74) is 7.27. The molecule has 0 saturated heterocycles. The number of carbonyl (C=O) groups is 1. The molecule has 3 N–H and O–H groups in total. The third-order valence-corrected chi connectivity index (χ3v) is 3.78. The van der Waals surface area contributed by atoms with Gasteiger partial charge in [-0.2, -0.15) is 0 Å². The Labute approximate surface area is 137 Å². The minimum atomic E-state index is -0.547. The second kappa shape index (κ2) is 8.27. The van der Waals surface area contributed by atoms with E-state index in [9.17, 15) is 4.79 Å². The van der Waals surface area contributed by atoms with Gasteiger partial charge in [-0.15, -0.1) is 0 Å². The molecule has 0 aliphatic carbocycles. The molecule has 0 aliphatic heterocycles. The first-order chi connectivity index (χ1) is 11.1. The zero-order valence-electron chi connectivity index (χ0n) is 13.7. The van der Waals surface area contributed by atoms with Gasteiger partial charge in [0, 0.05) is 11.6 Å². The van der Waals surface area contributed by atoms with Gasteiger partial charge in [-0.1, -0.05) is 57.0 Å². The van der Waals surface area contributed by atoms with Crippen LogP contribution in [-0.4, -0.2) is 21.9 Å². The van der Waals surface area contributed by atoms with Crippen LogP contribution in [0.4, 0.5) is 5.95 Å². The summed E-state index contributed by atoms with van der Waals surface area (Å²) in [4.78, 5) is 20.4. The van der Waals surface area contributed by atoms with Crippen LogP contribution in [0.15, 0.2) is 36.4 Å². The van der Waals surface area contributed by atoms with Crippen LogP contribution in [0.1, 0.15) is 50.0 Å². The molecule has 1 heterocycles. The molecule has 0 fully saturated rings. The van der Waals surface area contributed by atoms with Crippen molar-refractivity contribution in [2.24, 2.45) is 5.73 Å². The highest BCUT2D eigenvalue weighted by molar-refractivity contribution is 5.92. The summed E-state index contributed by atoms with van der Waals surface area (Å²) in [5.74, 6) is -0.0858. The van der Waals surface area contributed by atoms with Crippen LogP contribution >= 0.6 is 0 Å². The maximum absolute atomic E-state index is 11.6. The maximum atomic E-state index is 11.6. The van der Waals surface area contributed by atoms with E-state index in [-0.39, 0.29) is 5.69 Å². The molecule has 5 heteroatoms. The minimum absolute atomic E-state index is 0.228. The monoisotopic (exact) mass is 312 g/mol. The van der Waals surface area contributed by atoms with E-state index >= 15 is 0 Å². The van der Waals surface area contributed by atoms with E-state index in [2.05, 4.69) is 29.1 Å². The lowest BCUT2D eigenvalue weighted by Crippen LogP contribution is -2.22. The topological polar surface area (TPSA) is 80.9 Å². The number of hydrogen-bond donors (Lipinski definition) is 2. The van der Waals surface area contributed by atoms with Gasteiger partial charge in [0.15, 0.2) is 0 Å². The van der Waals surface area contributed by atoms with Crippen LogP contribution in [0.25, 0.3) is 11.3 Å². The highest BCUT2D eigenvalue weighted by atomic mass is 16.1. The summed E-state index contributed by atoms with van der Waals surface area (Å²) in [7, 11) is 0. The fourth-order valence-corrected chi connectivity index (χ4v) is 2.41. The Hall–Kier alpha value is -2.43. The van der Waals surface area contributed by atoms with Gasteiger partial charge in [-0.05, 0) is 18.9 Å². The van der Waals surface area contributed by atoms with Crippen LogP contribution in [0.3, 0.4) is 0 Å². The molecule has 122 valence electrons. The highest BCUT2D eigenvalue weighted by Crippen LogP contribution is 2.20. The van der Waals surface area contributed by atoms with Crippen molar-refractivity contribution in [2.75, 3.05) is 5.32 Å². The number of hydrogen-bond acceptors (Lipinski definition) is 4. The number of unbranched alkanes of at least 4 members (excludes halogenated alkanes) is 1. The van der Waals surface area contributed by atoms with Crippen molar-refractivity contribution in [1.29, 1.82) is 0 Å². The smallest absolute Gasteiger partial charge is 0.267 e. The standard InChI is InChI=1S/C18H24N4O/c1-3-5-11-14(4-2)20-18-21-15(12-16(22-18)17(19)23)13-9-7-6-8-10-13/h6-10,12,14H,3-5,11H2,1-2H3,(H2,19,23)(H,20,21,22).